The Kier molecular flexibility index (Phi) is 3.74. The number of nitrogens with zero attached hydrogens (tertiary/aromatic N) is 1. The van der Waals surface area contributed by atoms with E-state index in [4.69, 9.17) is 4.74 Å². The van der Waals surface area contributed by atoms with Crippen LogP contribution in [0.15, 0.2) is 6.07 Å². The molecule has 0 spiro atoms. The van der Waals surface area contributed by atoms with E-state index in [9.17, 15) is 0 Å². The van der Waals surface area contributed by atoms with E-state index < -0.39 is 0 Å². The number of rotatable bonds is 5. The van der Waals surface area contributed by atoms with Crippen LogP contribution in [0.1, 0.15) is 55.3 Å². The summed E-state index contributed by atoms with van der Waals surface area (Å²) in [4.78, 5) is 4.63. The lowest BCUT2D eigenvalue weighted by atomic mass is 10.1. The van der Waals surface area contributed by atoms with E-state index in [1.807, 2.05) is 6.92 Å². The third kappa shape index (κ3) is 3.27. The monoisotopic (exact) mass is 260 g/mol. The normalized spacial score (nSPS) is 19.9. The molecule has 3 nitrogen and oxygen atoms in total. The maximum atomic E-state index is 6.17. The van der Waals surface area contributed by atoms with Crippen LogP contribution in [0.5, 0.6) is 5.88 Å². The number of ether oxygens (including phenoxy) is 1. The highest BCUT2D eigenvalue weighted by molar-refractivity contribution is 5.36. The molecule has 104 valence electrons. The van der Waals surface area contributed by atoms with Crippen LogP contribution in [-0.2, 0) is 6.54 Å². The molecular formula is C16H24N2O. The van der Waals surface area contributed by atoms with Crippen molar-refractivity contribution < 1.29 is 4.74 Å². The topological polar surface area (TPSA) is 34.1 Å². The Morgan fingerprint density at radius 2 is 1.95 bits per heavy atom. The molecule has 2 aliphatic carbocycles. The summed E-state index contributed by atoms with van der Waals surface area (Å²) >= 11 is 0. The molecule has 0 unspecified atom stereocenters. The Balaban J connectivity index is 1.77. The van der Waals surface area contributed by atoms with Crippen molar-refractivity contribution in [3.63, 3.8) is 0 Å². The van der Waals surface area contributed by atoms with Crippen LogP contribution in [0.2, 0.25) is 0 Å². The Hall–Kier alpha value is -1.09. The molecule has 1 aromatic heterocycles. The molecule has 1 heterocycles. The van der Waals surface area contributed by atoms with Gasteiger partial charge < -0.3 is 10.1 Å². The van der Waals surface area contributed by atoms with Gasteiger partial charge in [0.05, 0.1) is 0 Å². The van der Waals surface area contributed by atoms with E-state index in [-0.39, 0.29) is 0 Å². The average Bonchev–Trinajstić information content (AvgIpc) is 3.04. The van der Waals surface area contributed by atoms with Gasteiger partial charge >= 0.3 is 0 Å². The first-order chi connectivity index (χ1) is 9.22. The fraction of sp³-hybridized carbons (Fsp3) is 0.688. The van der Waals surface area contributed by atoms with Gasteiger partial charge in [-0.15, -0.1) is 0 Å². The second-order valence-corrected chi connectivity index (χ2v) is 6.04. The number of pyridine rings is 1. The van der Waals surface area contributed by atoms with Crippen molar-refractivity contribution in [3.05, 3.63) is 22.9 Å². The second-order valence-electron chi connectivity index (χ2n) is 6.04. The molecule has 19 heavy (non-hydrogen) atoms. The zero-order valence-corrected chi connectivity index (χ0v) is 12.0. The molecule has 0 aromatic carbocycles. The Labute approximate surface area is 115 Å². The third-order valence-corrected chi connectivity index (χ3v) is 4.16. The number of hydrogen-bond acceptors (Lipinski definition) is 3. The summed E-state index contributed by atoms with van der Waals surface area (Å²) in [7, 11) is 0. The van der Waals surface area contributed by atoms with Crippen LogP contribution >= 0.6 is 0 Å². The van der Waals surface area contributed by atoms with Crippen LogP contribution in [0.4, 0.5) is 0 Å². The Bertz CT molecular complexity index is 448. The van der Waals surface area contributed by atoms with Gasteiger partial charge in [0.1, 0.15) is 6.10 Å². The Morgan fingerprint density at radius 1 is 1.21 bits per heavy atom. The smallest absolute Gasteiger partial charge is 0.218 e. The van der Waals surface area contributed by atoms with Crippen LogP contribution in [0, 0.1) is 13.8 Å². The SMILES string of the molecule is Cc1cc(C)c(CNC2CC2)c(OC2CCCC2)n1. The number of aromatic nitrogens is 1. The highest BCUT2D eigenvalue weighted by atomic mass is 16.5. The molecule has 0 saturated heterocycles. The molecule has 0 atom stereocenters. The van der Waals surface area contributed by atoms with Gasteiger partial charge in [-0.3, -0.25) is 0 Å². The molecule has 0 aliphatic heterocycles. The van der Waals surface area contributed by atoms with Gasteiger partial charge in [0.15, 0.2) is 0 Å². The largest absolute Gasteiger partial charge is 0.474 e. The van der Waals surface area contributed by atoms with Gasteiger partial charge in [-0.05, 0) is 64.0 Å². The molecule has 0 radical (unpaired) electrons. The molecule has 1 aromatic rings. The van der Waals surface area contributed by atoms with Gasteiger partial charge in [0, 0.05) is 23.8 Å². The summed E-state index contributed by atoms with van der Waals surface area (Å²) in [6.07, 6.45) is 7.98. The van der Waals surface area contributed by atoms with Crippen molar-refractivity contribution in [2.24, 2.45) is 0 Å². The lowest BCUT2D eigenvalue weighted by Crippen LogP contribution is -2.20. The number of nitrogens with one attached hydrogen (secondary N) is 1. The van der Waals surface area contributed by atoms with Gasteiger partial charge in [-0.2, -0.15) is 0 Å². The minimum Gasteiger partial charge on any atom is -0.474 e. The zero-order chi connectivity index (χ0) is 13.2. The Morgan fingerprint density at radius 3 is 2.63 bits per heavy atom. The molecule has 1 N–H and O–H groups in total. The predicted molar refractivity (Wildman–Crippen MR) is 76.5 cm³/mol. The molecule has 2 fully saturated rings. The second kappa shape index (κ2) is 5.49. The van der Waals surface area contributed by atoms with E-state index in [1.165, 1.54) is 49.7 Å². The van der Waals surface area contributed by atoms with Crippen molar-refractivity contribution in [1.82, 2.24) is 10.3 Å². The fourth-order valence-electron chi connectivity index (χ4n) is 2.84. The molecule has 0 amide bonds. The van der Waals surface area contributed by atoms with Crippen LogP contribution in [-0.4, -0.2) is 17.1 Å². The minimum atomic E-state index is 0.383. The summed E-state index contributed by atoms with van der Waals surface area (Å²) in [6.45, 7) is 5.11. The van der Waals surface area contributed by atoms with Crippen LogP contribution < -0.4 is 10.1 Å². The van der Waals surface area contributed by atoms with Crippen molar-refractivity contribution in [1.29, 1.82) is 0 Å². The summed E-state index contributed by atoms with van der Waals surface area (Å²) in [5.74, 6) is 0.873. The van der Waals surface area contributed by atoms with E-state index in [1.54, 1.807) is 0 Å². The molecule has 3 rings (SSSR count). The third-order valence-electron chi connectivity index (χ3n) is 4.16. The van der Waals surface area contributed by atoms with E-state index in [0.717, 1.165) is 24.2 Å². The van der Waals surface area contributed by atoms with E-state index >= 15 is 0 Å². The van der Waals surface area contributed by atoms with E-state index in [2.05, 4.69) is 23.3 Å². The first-order valence-electron chi connectivity index (χ1n) is 7.59. The standard InChI is InChI=1S/C16H24N2O/c1-11-9-12(2)18-16(19-14-5-3-4-6-14)15(11)10-17-13-7-8-13/h9,13-14,17H,3-8,10H2,1-2H3. The molecule has 3 heteroatoms. The minimum absolute atomic E-state index is 0.383. The van der Waals surface area contributed by atoms with Gasteiger partial charge in [0.25, 0.3) is 0 Å². The fourth-order valence-corrected chi connectivity index (χ4v) is 2.84. The molecular weight excluding hydrogens is 236 g/mol. The average molecular weight is 260 g/mol. The van der Waals surface area contributed by atoms with Crippen molar-refractivity contribution in [2.75, 3.05) is 0 Å². The summed E-state index contributed by atoms with van der Waals surface area (Å²) in [6, 6.07) is 2.88. The zero-order valence-electron chi connectivity index (χ0n) is 12.0. The molecule has 0 bridgehead atoms. The predicted octanol–water partition coefficient (Wildman–Crippen LogP) is 3.27. The van der Waals surface area contributed by atoms with Crippen molar-refractivity contribution in [2.45, 2.75) is 71.1 Å². The maximum Gasteiger partial charge on any atom is 0.218 e. The first kappa shape index (κ1) is 12.9. The van der Waals surface area contributed by atoms with Crippen molar-refractivity contribution >= 4 is 0 Å². The first-order valence-corrected chi connectivity index (χ1v) is 7.59. The van der Waals surface area contributed by atoms with Crippen LogP contribution in [0.25, 0.3) is 0 Å². The van der Waals surface area contributed by atoms with Crippen LogP contribution in [0.3, 0.4) is 0 Å². The molecule has 2 aliphatic rings. The van der Waals surface area contributed by atoms with Crippen molar-refractivity contribution in [3.8, 4) is 5.88 Å². The van der Waals surface area contributed by atoms with Gasteiger partial charge in [-0.25, -0.2) is 4.98 Å². The molecule has 2 saturated carbocycles. The number of aryl methyl sites for hydroxylation is 2. The van der Waals surface area contributed by atoms with Gasteiger partial charge in [0.2, 0.25) is 5.88 Å². The summed E-state index contributed by atoms with van der Waals surface area (Å²) in [5.41, 5.74) is 3.61. The maximum absolute atomic E-state index is 6.17. The quantitative estimate of drug-likeness (QED) is 0.882. The lowest BCUT2D eigenvalue weighted by Gasteiger charge is -2.18. The summed E-state index contributed by atoms with van der Waals surface area (Å²) in [5, 5.41) is 3.58. The van der Waals surface area contributed by atoms with E-state index in [0.29, 0.717) is 6.10 Å². The highest BCUT2D eigenvalue weighted by Gasteiger charge is 2.23. The number of hydrogen-bond donors (Lipinski definition) is 1. The van der Waals surface area contributed by atoms with Gasteiger partial charge in [-0.1, -0.05) is 0 Å². The summed E-state index contributed by atoms with van der Waals surface area (Å²) < 4.78 is 6.17. The lowest BCUT2D eigenvalue weighted by molar-refractivity contribution is 0.198. The highest BCUT2D eigenvalue weighted by Crippen LogP contribution is 2.28.